The summed E-state index contributed by atoms with van der Waals surface area (Å²) in [7, 11) is 0. The van der Waals surface area contributed by atoms with Crippen LogP contribution in [0.1, 0.15) is 18.4 Å². The molecule has 0 spiro atoms. The van der Waals surface area contributed by atoms with Crippen molar-refractivity contribution in [2.45, 2.75) is 32.0 Å². The van der Waals surface area contributed by atoms with E-state index < -0.39 is 18.6 Å². The topological polar surface area (TPSA) is 49.8 Å². The summed E-state index contributed by atoms with van der Waals surface area (Å²) in [5.74, 6) is -0.765. The average Bonchev–Trinajstić information content (AvgIpc) is 2.79. The van der Waals surface area contributed by atoms with Crippen LogP contribution in [0.3, 0.4) is 0 Å². The number of hydrogen-bond acceptors (Lipinski definition) is 3. The van der Waals surface area contributed by atoms with Crippen molar-refractivity contribution in [2.24, 2.45) is 0 Å². The maximum Gasteiger partial charge on any atom is 0.387 e. The van der Waals surface area contributed by atoms with Gasteiger partial charge in [-0.15, -0.1) is 0 Å². The normalized spacial score (nSPS) is 19.8. The number of carbonyl (C=O) groups is 1. The number of carboxylic acids is 1. The van der Waals surface area contributed by atoms with Gasteiger partial charge >= 0.3 is 12.6 Å². The number of likely N-dealkylation sites (tertiary alicyclic amines) is 1. The van der Waals surface area contributed by atoms with Crippen LogP contribution in [0.5, 0.6) is 5.75 Å². The van der Waals surface area contributed by atoms with E-state index in [1.54, 1.807) is 23.1 Å². The molecule has 2 rings (SSSR count). The molecule has 1 aliphatic rings. The van der Waals surface area contributed by atoms with E-state index in [4.69, 9.17) is 5.11 Å². The van der Waals surface area contributed by atoms with Gasteiger partial charge < -0.3 is 9.84 Å². The number of benzene rings is 1. The number of ether oxygens (including phenoxy) is 1. The molecule has 0 amide bonds. The van der Waals surface area contributed by atoms with Crippen molar-refractivity contribution in [1.29, 1.82) is 0 Å². The predicted molar refractivity (Wildman–Crippen MR) is 64.1 cm³/mol. The van der Waals surface area contributed by atoms with Crippen LogP contribution in [-0.4, -0.2) is 35.2 Å². The summed E-state index contributed by atoms with van der Waals surface area (Å²) in [4.78, 5) is 12.8. The Morgan fingerprint density at radius 3 is 2.89 bits per heavy atom. The van der Waals surface area contributed by atoms with Crippen LogP contribution in [0.25, 0.3) is 0 Å². The minimum absolute atomic E-state index is 0.105. The minimum atomic E-state index is -2.88. The fraction of sp³-hybridized carbons (Fsp3) is 0.462. The highest BCUT2D eigenvalue weighted by molar-refractivity contribution is 5.73. The van der Waals surface area contributed by atoms with Crippen LogP contribution in [0, 0.1) is 0 Å². The number of aliphatic carboxylic acids is 1. The van der Waals surface area contributed by atoms with Crippen molar-refractivity contribution < 1.29 is 23.4 Å². The third-order valence-electron chi connectivity index (χ3n) is 3.21. The molecule has 1 aromatic rings. The quantitative estimate of drug-likeness (QED) is 0.893. The molecule has 104 valence electrons. The average molecular weight is 271 g/mol. The molecule has 0 saturated carbocycles. The number of alkyl halides is 2. The molecule has 4 nitrogen and oxygen atoms in total. The zero-order valence-electron chi connectivity index (χ0n) is 10.3. The van der Waals surface area contributed by atoms with E-state index in [9.17, 15) is 13.6 Å². The lowest BCUT2D eigenvalue weighted by Gasteiger charge is -2.22. The van der Waals surface area contributed by atoms with Gasteiger partial charge in [0.25, 0.3) is 0 Å². The molecular weight excluding hydrogens is 256 g/mol. The van der Waals surface area contributed by atoms with Gasteiger partial charge in [0.1, 0.15) is 11.8 Å². The molecule has 0 radical (unpaired) electrons. The highest BCUT2D eigenvalue weighted by atomic mass is 19.3. The summed E-state index contributed by atoms with van der Waals surface area (Å²) in [5.41, 5.74) is 0.580. The Bertz CT molecular complexity index is 453. The third kappa shape index (κ3) is 3.41. The van der Waals surface area contributed by atoms with E-state index in [1.165, 1.54) is 6.07 Å². The first-order chi connectivity index (χ1) is 9.08. The number of halogens is 2. The first-order valence-corrected chi connectivity index (χ1v) is 6.07. The van der Waals surface area contributed by atoms with Crippen molar-refractivity contribution in [1.82, 2.24) is 4.90 Å². The summed E-state index contributed by atoms with van der Waals surface area (Å²) in [5, 5.41) is 9.08. The smallest absolute Gasteiger partial charge is 0.387 e. The number of rotatable bonds is 5. The van der Waals surface area contributed by atoms with Crippen molar-refractivity contribution in [3.8, 4) is 5.75 Å². The molecule has 19 heavy (non-hydrogen) atoms. The third-order valence-corrected chi connectivity index (χ3v) is 3.21. The van der Waals surface area contributed by atoms with Gasteiger partial charge in [-0.1, -0.05) is 18.2 Å². The van der Waals surface area contributed by atoms with E-state index in [2.05, 4.69) is 4.74 Å². The number of para-hydroxylation sites is 1. The molecule has 1 atom stereocenters. The molecule has 0 aromatic heterocycles. The van der Waals surface area contributed by atoms with E-state index in [0.717, 1.165) is 6.42 Å². The largest absolute Gasteiger partial charge is 0.480 e. The van der Waals surface area contributed by atoms with Crippen molar-refractivity contribution >= 4 is 5.97 Å². The van der Waals surface area contributed by atoms with Crippen LogP contribution in [0.15, 0.2) is 24.3 Å². The highest BCUT2D eigenvalue weighted by Gasteiger charge is 2.30. The van der Waals surface area contributed by atoms with Crippen LogP contribution in [0.2, 0.25) is 0 Å². The number of carboxylic acid groups (broad SMARTS) is 1. The molecule has 1 fully saturated rings. The highest BCUT2D eigenvalue weighted by Crippen LogP contribution is 2.26. The summed E-state index contributed by atoms with van der Waals surface area (Å²) in [6.07, 6.45) is 1.39. The maximum absolute atomic E-state index is 12.3. The van der Waals surface area contributed by atoms with Crippen LogP contribution < -0.4 is 4.74 Å². The van der Waals surface area contributed by atoms with Crippen LogP contribution in [-0.2, 0) is 11.3 Å². The van der Waals surface area contributed by atoms with Gasteiger partial charge in [-0.05, 0) is 25.5 Å². The lowest BCUT2D eigenvalue weighted by molar-refractivity contribution is -0.142. The van der Waals surface area contributed by atoms with E-state index in [0.29, 0.717) is 25.1 Å². The van der Waals surface area contributed by atoms with E-state index >= 15 is 0 Å². The number of hydrogen-bond donors (Lipinski definition) is 1. The summed E-state index contributed by atoms with van der Waals surface area (Å²) in [6.45, 7) is -1.92. The molecule has 1 heterocycles. The fourth-order valence-electron chi connectivity index (χ4n) is 2.36. The molecule has 1 saturated heterocycles. The van der Waals surface area contributed by atoms with Crippen LogP contribution >= 0.6 is 0 Å². The second kappa shape index (κ2) is 5.97. The lowest BCUT2D eigenvalue weighted by Crippen LogP contribution is -2.35. The molecule has 6 heteroatoms. The lowest BCUT2D eigenvalue weighted by atomic mass is 10.1. The molecular formula is C13H15F2NO3. The molecule has 0 bridgehead atoms. The summed E-state index contributed by atoms with van der Waals surface area (Å²) in [6, 6.07) is 5.93. The Morgan fingerprint density at radius 2 is 2.21 bits per heavy atom. The second-order valence-corrected chi connectivity index (χ2v) is 4.45. The van der Waals surface area contributed by atoms with Crippen molar-refractivity contribution in [2.75, 3.05) is 6.54 Å². The molecule has 1 aromatic carbocycles. The Kier molecular flexibility index (Phi) is 4.31. The summed E-state index contributed by atoms with van der Waals surface area (Å²) < 4.78 is 29.0. The minimum Gasteiger partial charge on any atom is -0.480 e. The van der Waals surface area contributed by atoms with Gasteiger partial charge in [-0.3, -0.25) is 9.69 Å². The van der Waals surface area contributed by atoms with Gasteiger partial charge in [0.05, 0.1) is 0 Å². The van der Waals surface area contributed by atoms with Gasteiger partial charge in [-0.2, -0.15) is 8.78 Å². The zero-order valence-corrected chi connectivity index (χ0v) is 10.3. The first-order valence-electron chi connectivity index (χ1n) is 6.07. The van der Waals surface area contributed by atoms with E-state index in [1.807, 2.05) is 0 Å². The van der Waals surface area contributed by atoms with Crippen molar-refractivity contribution in [3.05, 3.63) is 29.8 Å². The Morgan fingerprint density at radius 1 is 1.47 bits per heavy atom. The SMILES string of the molecule is O=C(O)C1CCCN1Cc1ccccc1OC(F)F. The van der Waals surface area contributed by atoms with Gasteiger partial charge in [0, 0.05) is 12.1 Å². The number of nitrogens with zero attached hydrogens (tertiary/aromatic N) is 1. The van der Waals surface area contributed by atoms with Crippen LogP contribution in [0.4, 0.5) is 8.78 Å². The Labute approximate surface area is 109 Å². The molecule has 1 aliphatic heterocycles. The summed E-state index contributed by atoms with van der Waals surface area (Å²) >= 11 is 0. The molecule has 0 aliphatic carbocycles. The first kappa shape index (κ1) is 13.7. The second-order valence-electron chi connectivity index (χ2n) is 4.45. The Balaban J connectivity index is 2.12. The molecule has 1 unspecified atom stereocenters. The van der Waals surface area contributed by atoms with Gasteiger partial charge in [0.2, 0.25) is 0 Å². The monoisotopic (exact) mass is 271 g/mol. The molecule has 1 N–H and O–H groups in total. The van der Waals surface area contributed by atoms with E-state index in [-0.39, 0.29) is 5.75 Å². The van der Waals surface area contributed by atoms with Gasteiger partial charge in [-0.25, -0.2) is 0 Å². The standard InChI is InChI=1S/C13H15F2NO3/c14-13(15)19-11-6-2-1-4-9(11)8-16-7-3-5-10(16)12(17)18/h1-2,4,6,10,13H,3,5,7-8H2,(H,17,18). The predicted octanol–water partition coefficient (Wildman–Crippen LogP) is 2.34. The van der Waals surface area contributed by atoms with Crippen molar-refractivity contribution in [3.63, 3.8) is 0 Å². The fourth-order valence-corrected chi connectivity index (χ4v) is 2.36. The van der Waals surface area contributed by atoms with Gasteiger partial charge in [0.15, 0.2) is 0 Å². The maximum atomic E-state index is 12.3. The zero-order chi connectivity index (χ0) is 13.8. The Hall–Kier alpha value is -1.69.